The number of carbonyl (C=O) groups excluding carboxylic acids is 2. The first-order valence-electron chi connectivity index (χ1n) is 11.4. The average Bonchev–Trinajstić information content (AvgIpc) is 2.79. The van der Waals surface area contributed by atoms with Gasteiger partial charge in [0.05, 0.1) is 10.6 Å². The van der Waals surface area contributed by atoms with Crippen molar-refractivity contribution in [2.45, 2.75) is 50.0 Å². The quantitative estimate of drug-likeness (QED) is 0.604. The number of carbonyl (C=O) groups is 2. The lowest BCUT2D eigenvalue weighted by atomic mass is 9.94. The predicted octanol–water partition coefficient (Wildman–Crippen LogP) is 5.07. The molecule has 1 fully saturated rings. The normalized spacial score (nSPS) is 17.8. The lowest BCUT2D eigenvalue weighted by Crippen LogP contribution is -2.39. The van der Waals surface area contributed by atoms with E-state index in [9.17, 15) is 9.59 Å². The summed E-state index contributed by atoms with van der Waals surface area (Å²) in [6, 6.07) is 14.2. The largest absolute Gasteiger partial charge is 0.351 e. The van der Waals surface area contributed by atoms with Crippen LogP contribution in [0.4, 0.5) is 5.69 Å². The van der Waals surface area contributed by atoms with Crippen LogP contribution in [0.3, 0.4) is 0 Å². The van der Waals surface area contributed by atoms with E-state index in [0.717, 1.165) is 22.6 Å². The van der Waals surface area contributed by atoms with Crippen LogP contribution in [0.15, 0.2) is 52.3 Å². The maximum Gasteiger partial charge on any atom is 0.262 e. The molecule has 2 aliphatic rings. The second kappa shape index (κ2) is 10.4. The molecule has 1 saturated carbocycles. The minimum atomic E-state index is -0.143. The molecule has 0 bridgehead atoms. The molecule has 0 radical (unpaired) electrons. The zero-order chi connectivity index (χ0) is 22.5. The lowest BCUT2D eigenvalue weighted by Gasteiger charge is -2.31. The van der Waals surface area contributed by atoms with E-state index in [4.69, 9.17) is 0 Å². The highest BCUT2D eigenvalue weighted by molar-refractivity contribution is 8.04. The van der Waals surface area contributed by atoms with Crippen molar-refractivity contribution in [3.63, 3.8) is 0 Å². The molecule has 4 rings (SSSR count). The molecule has 0 atom stereocenters. The fraction of sp³-hybridized carbons (Fsp3) is 0.385. The van der Waals surface area contributed by atoms with Crippen molar-refractivity contribution in [1.82, 2.24) is 10.2 Å². The van der Waals surface area contributed by atoms with Gasteiger partial charge in [-0.3, -0.25) is 9.59 Å². The van der Waals surface area contributed by atoms with Gasteiger partial charge in [0.15, 0.2) is 0 Å². The number of anilines is 1. The standard InChI is InChI=1S/C26H31N3O2S/c1-18-7-6-8-19(15-18)16-24-26(31)28-22-17-20(11-12-23(22)32-24)25(30)27-13-14-29(2)21-9-4-3-5-10-21/h6-8,11-12,15-17,21H,3-5,9-10,13-14H2,1-2H3,(H,27,30)(H,28,31)/b24-16+. The molecule has 2 aromatic rings. The third kappa shape index (κ3) is 5.61. The Morgan fingerprint density at radius 2 is 2.00 bits per heavy atom. The Morgan fingerprint density at radius 1 is 1.19 bits per heavy atom. The minimum absolute atomic E-state index is 0.106. The molecule has 2 aromatic carbocycles. The molecular formula is C26H31N3O2S. The summed E-state index contributed by atoms with van der Waals surface area (Å²) < 4.78 is 0. The first kappa shape index (κ1) is 22.6. The summed E-state index contributed by atoms with van der Waals surface area (Å²) >= 11 is 1.43. The van der Waals surface area contributed by atoms with E-state index < -0.39 is 0 Å². The molecule has 5 nitrogen and oxygen atoms in total. The maximum atomic E-state index is 12.6. The molecule has 168 valence electrons. The number of nitrogens with one attached hydrogen (secondary N) is 2. The van der Waals surface area contributed by atoms with E-state index in [1.165, 1.54) is 43.9 Å². The molecule has 32 heavy (non-hydrogen) atoms. The van der Waals surface area contributed by atoms with Gasteiger partial charge in [-0.05, 0) is 56.7 Å². The van der Waals surface area contributed by atoms with Crippen LogP contribution in [0.2, 0.25) is 0 Å². The van der Waals surface area contributed by atoms with Gasteiger partial charge in [-0.15, -0.1) is 0 Å². The molecule has 1 heterocycles. The average molecular weight is 450 g/mol. The fourth-order valence-electron chi connectivity index (χ4n) is 4.37. The molecule has 6 heteroatoms. The van der Waals surface area contributed by atoms with Crippen LogP contribution in [0, 0.1) is 6.92 Å². The molecule has 0 spiro atoms. The number of benzene rings is 2. The number of hydrogen-bond acceptors (Lipinski definition) is 4. The molecule has 0 unspecified atom stereocenters. The van der Waals surface area contributed by atoms with Crippen LogP contribution >= 0.6 is 11.8 Å². The van der Waals surface area contributed by atoms with Crippen LogP contribution in [0.25, 0.3) is 6.08 Å². The minimum Gasteiger partial charge on any atom is -0.351 e. The number of hydrogen-bond donors (Lipinski definition) is 2. The Hall–Kier alpha value is -2.57. The summed E-state index contributed by atoms with van der Waals surface area (Å²) in [5.74, 6) is -0.249. The molecule has 1 aliphatic heterocycles. The number of fused-ring (bicyclic) bond motifs is 1. The van der Waals surface area contributed by atoms with Crippen molar-refractivity contribution in [3.05, 3.63) is 64.1 Å². The Balaban J connectivity index is 1.36. The van der Waals surface area contributed by atoms with E-state index >= 15 is 0 Å². The topological polar surface area (TPSA) is 61.4 Å². The monoisotopic (exact) mass is 449 g/mol. The van der Waals surface area contributed by atoms with Crippen LogP contribution in [0.1, 0.15) is 53.6 Å². The highest BCUT2D eigenvalue weighted by Gasteiger charge is 2.22. The van der Waals surface area contributed by atoms with Gasteiger partial charge in [0.2, 0.25) is 0 Å². The third-order valence-corrected chi connectivity index (χ3v) is 7.32. The molecule has 0 saturated heterocycles. The Labute approximate surface area is 194 Å². The van der Waals surface area contributed by atoms with E-state index in [1.807, 2.05) is 43.3 Å². The van der Waals surface area contributed by atoms with Crippen LogP contribution < -0.4 is 10.6 Å². The summed E-state index contributed by atoms with van der Waals surface area (Å²) in [6.45, 7) is 3.50. The summed E-state index contributed by atoms with van der Waals surface area (Å²) in [5.41, 5.74) is 3.41. The van der Waals surface area contributed by atoms with Gasteiger partial charge in [0.1, 0.15) is 0 Å². The van der Waals surface area contributed by atoms with Gasteiger partial charge in [-0.1, -0.05) is 60.9 Å². The highest BCUT2D eigenvalue weighted by Crippen LogP contribution is 2.39. The summed E-state index contributed by atoms with van der Waals surface area (Å²) in [7, 11) is 2.15. The van der Waals surface area contributed by atoms with Gasteiger partial charge >= 0.3 is 0 Å². The highest BCUT2D eigenvalue weighted by atomic mass is 32.2. The van der Waals surface area contributed by atoms with Gasteiger partial charge in [-0.2, -0.15) is 0 Å². The Bertz CT molecular complexity index is 1030. The summed E-state index contributed by atoms with van der Waals surface area (Å²) in [4.78, 5) is 29.2. The van der Waals surface area contributed by atoms with Crippen molar-refractivity contribution >= 4 is 35.3 Å². The summed E-state index contributed by atoms with van der Waals surface area (Å²) in [6.07, 6.45) is 8.38. The van der Waals surface area contributed by atoms with E-state index in [1.54, 1.807) is 6.07 Å². The van der Waals surface area contributed by atoms with Gasteiger partial charge in [0.25, 0.3) is 11.8 Å². The molecular weight excluding hydrogens is 418 g/mol. The van der Waals surface area contributed by atoms with Crippen LogP contribution in [-0.2, 0) is 4.79 Å². The predicted molar refractivity (Wildman–Crippen MR) is 132 cm³/mol. The number of aryl methyl sites for hydroxylation is 1. The van der Waals surface area contributed by atoms with Crippen molar-refractivity contribution in [2.75, 3.05) is 25.5 Å². The van der Waals surface area contributed by atoms with Gasteiger partial charge in [-0.25, -0.2) is 0 Å². The Morgan fingerprint density at radius 3 is 2.78 bits per heavy atom. The number of nitrogens with zero attached hydrogens (tertiary/aromatic N) is 1. The van der Waals surface area contributed by atoms with Crippen molar-refractivity contribution in [2.24, 2.45) is 0 Å². The fourth-order valence-corrected chi connectivity index (χ4v) is 5.30. The second-order valence-corrected chi connectivity index (χ2v) is 9.80. The third-order valence-electron chi connectivity index (χ3n) is 6.22. The smallest absolute Gasteiger partial charge is 0.262 e. The first-order chi connectivity index (χ1) is 15.5. The van der Waals surface area contributed by atoms with Crippen LogP contribution in [-0.4, -0.2) is 42.9 Å². The van der Waals surface area contributed by atoms with E-state index in [2.05, 4.69) is 28.6 Å². The zero-order valence-electron chi connectivity index (χ0n) is 18.8. The van der Waals surface area contributed by atoms with Crippen molar-refractivity contribution < 1.29 is 9.59 Å². The van der Waals surface area contributed by atoms with Crippen LogP contribution in [0.5, 0.6) is 0 Å². The van der Waals surface area contributed by atoms with Gasteiger partial charge in [0, 0.05) is 29.6 Å². The molecule has 0 aromatic heterocycles. The molecule has 1 aliphatic carbocycles. The maximum absolute atomic E-state index is 12.6. The summed E-state index contributed by atoms with van der Waals surface area (Å²) in [5, 5.41) is 5.96. The van der Waals surface area contributed by atoms with E-state index in [-0.39, 0.29) is 11.8 Å². The number of likely N-dealkylation sites (N-methyl/N-ethyl adjacent to an activating group) is 1. The lowest BCUT2D eigenvalue weighted by molar-refractivity contribution is -0.112. The second-order valence-electron chi connectivity index (χ2n) is 8.72. The zero-order valence-corrected chi connectivity index (χ0v) is 19.6. The first-order valence-corrected chi connectivity index (χ1v) is 12.2. The Kier molecular flexibility index (Phi) is 7.33. The molecule has 2 N–H and O–H groups in total. The number of rotatable bonds is 6. The number of thioether (sulfide) groups is 1. The van der Waals surface area contributed by atoms with Crippen molar-refractivity contribution in [1.29, 1.82) is 0 Å². The molecule has 2 amide bonds. The van der Waals surface area contributed by atoms with E-state index in [0.29, 0.717) is 28.7 Å². The number of amides is 2. The van der Waals surface area contributed by atoms with Gasteiger partial charge < -0.3 is 15.5 Å². The SMILES string of the molecule is Cc1cccc(/C=C2/Sc3ccc(C(=O)NCCN(C)C4CCCCC4)cc3NC2=O)c1. The van der Waals surface area contributed by atoms with Crippen molar-refractivity contribution in [3.8, 4) is 0 Å².